The van der Waals surface area contributed by atoms with Gasteiger partial charge in [-0.2, -0.15) is 5.21 Å². The van der Waals surface area contributed by atoms with Crippen molar-refractivity contribution >= 4 is 17.7 Å². The summed E-state index contributed by atoms with van der Waals surface area (Å²) in [5, 5.41) is 26.3. The highest BCUT2D eigenvalue weighted by Crippen LogP contribution is 2.30. The number of aromatic amines is 1. The lowest BCUT2D eigenvalue weighted by molar-refractivity contribution is -0.119. The minimum Gasteiger partial charge on any atom is -0.442 e. The first-order valence-corrected chi connectivity index (χ1v) is 9.93. The molecule has 1 aliphatic heterocycles. The molecule has 0 saturated carbocycles. The van der Waals surface area contributed by atoms with Crippen molar-refractivity contribution in [3.05, 3.63) is 59.7 Å². The number of hydrogen-bond donors (Lipinski definition) is 3. The lowest BCUT2D eigenvalue weighted by Gasteiger charge is -2.15. The third kappa shape index (κ3) is 4.72. The van der Waals surface area contributed by atoms with Crippen molar-refractivity contribution < 1.29 is 23.8 Å². The zero-order valence-corrected chi connectivity index (χ0v) is 17.2. The molecule has 2 amide bonds. The van der Waals surface area contributed by atoms with Crippen LogP contribution < -0.4 is 10.2 Å². The first kappa shape index (κ1) is 21.4. The number of aliphatic hydroxyl groups excluding tert-OH is 1. The number of nitrogens with one attached hydrogen (secondary N) is 2. The summed E-state index contributed by atoms with van der Waals surface area (Å²) in [5.41, 5.74) is 1.99. The molecular weight excluding hydrogens is 419 g/mol. The van der Waals surface area contributed by atoms with Crippen LogP contribution in [0.5, 0.6) is 0 Å². The summed E-state index contributed by atoms with van der Waals surface area (Å²) in [6.45, 7) is 1.79. The molecule has 10 nitrogen and oxygen atoms in total. The number of ether oxygens (including phenoxy) is 1. The van der Waals surface area contributed by atoms with E-state index < -0.39 is 24.1 Å². The summed E-state index contributed by atoms with van der Waals surface area (Å²) >= 11 is 0. The van der Waals surface area contributed by atoms with Crippen molar-refractivity contribution in [2.45, 2.75) is 25.6 Å². The van der Waals surface area contributed by atoms with Crippen LogP contribution in [0, 0.1) is 5.82 Å². The first-order chi connectivity index (χ1) is 15.4. The lowest BCUT2D eigenvalue weighted by Crippen LogP contribution is -2.33. The Morgan fingerprint density at radius 1 is 1.34 bits per heavy atom. The molecule has 1 aliphatic rings. The van der Waals surface area contributed by atoms with Crippen molar-refractivity contribution in [2.75, 3.05) is 18.0 Å². The van der Waals surface area contributed by atoms with E-state index in [-0.39, 0.29) is 25.4 Å². The van der Waals surface area contributed by atoms with Gasteiger partial charge in [-0.25, -0.2) is 9.18 Å². The number of anilines is 1. The van der Waals surface area contributed by atoms with Crippen LogP contribution in [0.15, 0.2) is 42.5 Å². The number of carbonyl (C=O) groups excluding carboxylic acids is 2. The molecule has 0 spiro atoms. The third-order valence-electron chi connectivity index (χ3n) is 5.09. The largest absolute Gasteiger partial charge is 0.442 e. The molecule has 32 heavy (non-hydrogen) atoms. The molecule has 0 bridgehead atoms. The standard InChI is InChI=1S/C21H21FN6O4/c1-12(29)23-10-16-11-28(21(31)32-16)15-6-7-17(18(22)8-15)13-2-4-14(5-3-13)19(30)9-20-24-26-27-25-20/h2-8,16,19,30H,9-11H2,1H3,(H,23,29)(H,24,25,26,27)/t16-,19?/m0/s1. The zero-order chi connectivity index (χ0) is 22.7. The molecule has 166 valence electrons. The second kappa shape index (κ2) is 9.10. The minimum absolute atomic E-state index is 0.197. The van der Waals surface area contributed by atoms with Gasteiger partial charge >= 0.3 is 6.09 Å². The van der Waals surface area contributed by atoms with E-state index in [1.807, 2.05) is 0 Å². The number of aliphatic hydroxyl groups is 1. The summed E-state index contributed by atoms with van der Waals surface area (Å²) in [5.74, 6) is -0.327. The number of halogens is 1. The van der Waals surface area contributed by atoms with E-state index >= 15 is 0 Å². The molecule has 1 aromatic heterocycles. The number of nitrogens with zero attached hydrogens (tertiary/aromatic N) is 4. The molecule has 3 N–H and O–H groups in total. The van der Waals surface area contributed by atoms with Crippen LogP contribution in [-0.2, 0) is 16.0 Å². The Labute approximate surface area is 182 Å². The monoisotopic (exact) mass is 440 g/mol. The number of benzene rings is 2. The van der Waals surface area contributed by atoms with Gasteiger partial charge < -0.3 is 15.2 Å². The SMILES string of the molecule is CC(=O)NC[C@H]1CN(c2ccc(-c3ccc(C(O)Cc4nn[nH]n4)cc3)c(F)c2)C(=O)O1. The zero-order valence-electron chi connectivity index (χ0n) is 17.2. The Morgan fingerprint density at radius 3 is 2.78 bits per heavy atom. The highest BCUT2D eigenvalue weighted by molar-refractivity contribution is 5.90. The number of aromatic nitrogens is 4. The maximum Gasteiger partial charge on any atom is 0.414 e. The molecule has 2 atom stereocenters. The Balaban J connectivity index is 1.45. The van der Waals surface area contributed by atoms with E-state index in [4.69, 9.17) is 4.74 Å². The predicted octanol–water partition coefficient (Wildman–Crippen LogP) is 1.74. The van der Waals surface area contributed by atoms with E-state index in [1.54, 1.807) is 36.4 Å². The third-order valence-corrected chi connectivity index (χ3v) is 5.09. The van der Waals surface area contributed by atoms with Gasteiger partial charge in [-0.3, -0.25) is 9.69 Å². The van der Waals surface area contributed by atoms with Crippen LogP contribution in [0.2, 0.25) is 0 Å². The van der Waals surface area contributed by atoms with Crippen molar-refractivity contribution in [1.82, 2.24) is 25.9 Å². The molecule has 1 fully saturated rings. The van der Waals surface area contributed by atoms with Gasteiger partial charge in [-0.15, -0.1) is 10.2 Å². The second-order valence-corrected chi connectivity index (χ2v) is 7.39. The maximum absolute atomic E-state index is 14.9. The van der Waals surface area contributed by atoms with E-state index in [0.717, 1.165) is 0 Å². The first-order valence-electron chi connectivity index (χ1n) is 9.93. The average molecular weight is 440 g/mol. The average Bonchev–Trinajstić information content (AvgIpc) is 3.41. The van der Waals surface area contributed by atoms with Gasteiger partial charge in [0.25, 0.3) is 0 Å². The highest BCUT2D eigenvalue weighted by atomic mass is 19.1. The van der Waals surface area contributed by atoms with Gasteiger partial charge in [0.2, 0.25) is 5.91 Å². The van der Waals surface area contributed by atoms with E-state index in [9.17, 15) is 19.1 Å². The normalized spacial score (nSPS) is 16.7. The molecule has 0 radical (unpaired) electrons. The molecule has 0 aliphatic carbocycles. The fourth-order valence-electron chi connectivity index (χ4n) is 3.45. The molecule has 4 rings (SSSR count). The van der Waals surface area contributed by atoms with Crippen LogP contribution >= 0.6 is 0 Å². The summed E-state index contributed by atoms with van der Waals surface area (Å²) in [7, 11) is 0. The van der Waals surface area contributed by atoms with Crippen molar-refractivity contribution in [3.8, 4) is 11.1 Å². The summed E-state index contributed by atoms with van der Waals surface area (Å²) in [6.07, 6.45) is -1.71. The van der Waals surface area contributed by atoms with Crippen LogP contribution in [-0.4, -0.2) is 56.9 Å². The van der Waals surface area contributed by atoms with Gasteiger partial charge in [0.15, 0.2) is 5.82 Å². The quantitative estimate of drug-likeness (QED) is 0.510. The number of amides is 2. The topological polar surface area (TPSA) is 133 Å². The number of hydrogen-bond acceptors (Lipinski definition) is 7. The van der Waals surface area contributed by atoms with Gasteiger partial charge in [0, 0.05) is 18.9 Å². The fourth-order valence-corrected chi connectivity index (χ4v) is 3.45. The van der Waals surface area contributed by atoms with Gasteiger partial charge in [0.1, 0.15) is 11.9 Å². The molecule has 11 heteroatoms. The molecule has 1 saturated heterocycles. The van der Waals surface area contributed by atoms with Gasteiger partial charge in [0.05, 0.1) is 24.9 Å². The number of carbonyl (C=O) groups is 2. The number of H-pyrrole nitrogens is 1. The number of cyclic esters (lactones) is 1. The lowest BCUT2D eigenvalue weighted by atomic mass is 10.00. The smallest absolute Gasteiger partial charge is 0.414 e. The predicted molar refractivity (Wildman–Crippen MR) is 111 cm³/mol. The number of rotatable bonds is 7. The van der Waals surface area contributed by atoms with Gasteiger partial charge in [-0.05, 0) is 29.3 Å². The van der Waals surface area contributed by atoms with Crippen molar-refractivity contribution in [1.29, 1.82) is 0 Å². The van der Waals surface area contributed by atoms with Crippen molar-refractivity contribution in [3.63, 3.8) is 0 Å². The molecule has 1 unspecified atom stereocenters. The number of tetrazole rings is 1. The van der Waals surface area contributed by atoms with Crippen LogP contribution in [0.3, 0.4) is 0 Å². The second-order valence-electron chi connectivity index (χ2n) is 7.39. The Morgan fingerprint density at radius 2 is 2.12 bits per heavy atom. The Kier molecular flexibility index (Phi) is 6.08. The Bertz CT molecular complexity index is 1110. The summed E-state index contributed by atoms with van der Waals surface area (Å²) in [4.78, 5) is 24.5. The molecular formula is C21H21FN6O4. The van der Waals surface area contributed by atoms with Crippen molar-refractivity contribution in [2.24, 2.45) is 0 Å². The molecule has 3 aromatic rings. The minimum atomic E-state index is -0.819. The summed E-state index contributed by atoms with van der Waals surface area (Å²) < 4.78 is 20.1. The van der Waals surface area contributed by atoms with E-state index in [1.165, 1.54) is 17.9 Å². The highest BCUT2D eigenvalue weighted by Gasteiger charge is 2.32. The van der Waals surface area contributed by atoms with Crippen LogP contribution in [0.1, 0.15) is 24.4 Å². The maximum atomic E-state index is 14.9. The van der Waals surface area contributed by atoms with Gasteiger partial charge in [-0.1, -0.05) is 29.5 Å². The van der Waals surface area contributed by atoms with Crippen LogP contribution in [0.25, 0.3) is 11.1 Å². The molecule has 2 aromatic carbocycles. The van der Waals surface area contributed by atoms with Crippen LogP contribution in [0.4, 0.5) is 14.9 Å². The summed E-state index contributed by atoms with van der Waals surface area (Å²) in [6, 6.07) is 11.3. The fraction of sp³-hybridized carbons (Fsp3) is 0.286. The van der Waals surface area contributed by atoms with E-state index in [2.05, 4.69) is 25.9 Å². The van der Waals surface area contributed by atoms with E-state index in [0.29, 0.717) is 28.2 Å². The molecule has 2 heterocycles. The Hall–Kier alpha value is -3.86.